The molecule has 3 unspecified atom stereocenters. The van der Waals surface area contributed by atoms with Crippen LogP contribution >= 0.6 is 22.6 Å². The van der Waals surface area contributed by atoms with Crippen molar-refractivity contribution in [2.75, 3.05) is 11.0 Å². The van der Waals surface area contributed by atoms with Gasteiger partial charge in [-0.3, -0.25) is 0 Å². The number of hydrogen-bond donors (Lipinski definition) is 0. The van der Waals surface area contributed by atoms with E-state index in [1.807, 2.05) is 6.07 Å². The average molecular weight is 376 g/mol. The average Bonchev–Trinajstić information content (AvgIpc) is 2.40. The maximum Gasteiger partial charge on any atom is 0.123 e. The summed E-state index contributed by atoms with van der Waals surface area (Å²) in [6.45, 7) is 3.14. The molecule has 0 amide bonds. The molecule has 1 aromatic rings. The minimum Gasteiger partial charge on any atom is -0.372 e. The fourth-order valence-corrected chi connectivity index (χ4v) is 3.66. The zero-order chi connectivity index (χ0) is 13.7. The minimum absolute atomic E-state index is 0.0218. The van der Waals surface area contributed by atoms with E-state index in [2.05, 4.69) is 29.5 Å². The molecule has 1 fully saturated rings. The van der Waals surface area contributed by atoms with Gasteiger partial charge in [-0.25, -0.2) is 4.39 Å². The first-order valence-electron chi connectivity index (χ1n) is 7.12. The molecule has 0 aromatic heterocycles. The third-order valence-electron chi connectivity index (χ3n) is 3.94. The van der Waals surface area contributed by atoms with E-state index < -0.39 is 0 Å². The molecule has 1 saturated carbocycles. The zero-order valence-corrected chi connectivity index (χ0v) is 13.6. The molecule has 1 aliphatic carbocycles. The first kappa shape index (κ1) is 15.2. The number of rotatable bonds is 5. The Morgan fingerprint density at radius 1 is 1.42 bits per heavy atom. The van der Waals surface area contributed by atoms with Crippen LogP contribution in [0.1, 0.15) is 44.3 Å². The van der Waals surface area contributed by atoms with Gasteiger partial charge in [0.1, 0.15) is 5.82 Å². The SMILES string of the molecule is CC1CCCC(COC(CI)c2cccc(F)c2)C1. The molecule has 1 nitrogen and oxygen atoms in total. The largest absolute Gasteiger partial charge is 0.372 e. The highest BCUT2D eigenvalue weighted by atomic mass is 127. The van der Waals surface area contributed by atoms with Gasteiger partial charge in [0.05, 0.1) is 12.7 Å². The van der Waals surface area contributed by atoms with Crippen LogP contribution in [0, 0.1) is 17.7 Å². The number of ether oxygens (including phenoxy) is 1. The molecule has 0 N–H and O–H groups in total. The summed E-state index contributed by atoms with van der Waals surface area (Å²) in [7, 11) is 0. The maximum atomic E-state index is 13.3. The lowest BCUT2D eigenvalue weighted by Crippen LogP contribution is -2.20. The molecule has 3 heteroatoms. The Hall–Kier alpha value is -0.160. The van der Waals surface area contributed by atoms with Crippen LogP contribution in [-0.2, 0) is 4.74 Å². The summed E-state index contributed by atoms with van der Waals surface area (Å²) < 4.78 is 20.2. The normalized spacial score (nSPS) is 25.2. The first-order valence-corrected chi connectivity index (χ1v) is 8.64. The van der Waals surface area contributed by atoms with Gasteiger partial charge < -0.3 is 4.74 Å². The standard InChI is InChI=1S/C16H22FIO/c1-12-4-2-5-13(8-12)11-19-16(10-18)14-6-3-7-15(17)9-14/h3,6-7,9,12-13,16H,2,4-5,8,10-11H2,1H3. The first-order chi connectivity index (χ1) is 9.19. The highest BCUT2D eigenvalue weighted by Crippen LogP contribution is 2.30. The summed E-state index contributed by atoms with van der Waals surface area (Å²) >= 11 is 2.32. The molecule has 0 spiro atoms. The molecule has 1 aliphatic rings. The van der Waals surface area contributed by atoms with Crippen LogP contribution < -0.4 is 0 Å². The van der Waals surface area contributed by atoms with Crippen LogP contribution in [-0.4, -0.2) is 11.0 Å². The van der Waals surface area contributed by atoms with Crippen molar-refractivity contribution in [2.45, 2.75) is 38.7 Å². The molecular formula is C16H22FIO. The Labute approximate surface area is 129 Å². The topological polar surface area (TPSA) is 9.23 Å². The molecule has 3 atom stereocenters. The van der Waals surface area contributed by atoms with E-state index in [0.29, 0.717) is 5.92 Å². The Balaban J connectivity index is 1.89. The molecule has 106 valence electrons. The van der Waals surface area contributed by atoms with Crippen LogP contribution in [0.15, 0.2) is 24.3 Å². The predicted octanol–water partition coefficient (Wildman–Crippen LogP) is 5.14. The number of alkyl halides is 1. The van der Waals surface area contributed by atoms with Crippen LogP contribution in [0.5, 0.6) is 0 Å². The summed E-state index contributed by atoms with van der Waals surface area (Å²) in [6.07, 6.45) is 5.26. The van der Waals surface area contributed by atoms with Crippen LogP contribution in [0.4, 0.5) is 4.39 Å². The van der Waals surface area contributed by atoms with E-state index in [4.69, 9.17) is 4.74 Å². The molecule has 19 heavy (non-hydrogen) atoms. The van der Waals surface area contributed by atoms with E-state index in [1.54, 1.807) is 12.1 Å². The molecule has 0 heterocycles. The van der Waals surface area contributed by atoms with Gasteiger partial charge in [0, 0.05) is 4.43 Å². The number of halogens is 2. The van der Waals surface area contributed by atoms with Crippen LogP contribution in [0.3, 0.4) is 0 Å². The molecule has 1 aromatic carbocycles. The second kappa shape index (κ2) is 7.58. The van der Waals surface area contributed by atoms with Gasteiger partial charge >= 0.3 is 0 Å². The van der Waals surface area contributed by atoms with Crippen molar-refractivity contribution in [3.8, 4) is 0 Å². The lowest BCUT2D eigenvalue weighted by molar-refractivity contribution is 0.0287. The van der Waals surface area contributed by atoms with E-state index in [-0.39, 0.29) is 11.9 Å². The third-order valence-corrected chi connectivity index (χ3v) is 4.74. The zero-order valence-electron chi connectivity index (χ0n) is 11.4. The monoisotopic (exact) mass is 376 g/mol. The van der Waals surface area contributed by atoms with Crippen molar-refractivity contribution in [1.82, 2.24) is 0 Å². The van der Waals surface area contributed by atoms with Crippen molar-refractivity contribution in [3.63, 3.8) is 0 Å². The van der Waals surface area contributed by atoms with Gasteiger partial charge in [-0.2, -0.15) is 0 Å². The summed E-state index contributed by atoms with van der Waals surface area (Å²) in [4.78, 5) is 0. The Morgan fingerprint density at radius 2 is 2.26 bits per heavy atom. The van der Waals surface area contributed by atoms with E-state index >= 15 is 0 Å². The van der Waals surface area contributed by atoms with Crippen molar-refractivity contribution < 1.29 is 9.13 Å². The predicted molar refractivity (Wildman–Crippen MR) is 85.1 cm³/mol. The van der Waals surface area contributed by atoms with E-state index in [0.717, 1.165) is 22.5 Å². The lowest BCUT2D eigenvalue weighted by atomic mass is 9.83. The van der Waals surface area contributed by atoms with Gasteiger partial charge in [0.15, 0.2) is 0 Å². The Kier molecular flexibility index (Phi) is 6.07. The van der Waals surface area contributed by atoms with E-state index in [1.165, 1.54) is 31.7 Å². The number of hydrogen-bond acceptors (Lipinski definition) is 1. The van der Waals surface area contributed by atoms with Gasteiger partial charge in [-0.05, 0) is 42.4 Å². The van der Waals surface area contributed by atoms with Crippen LogP contribution in [0.25, 0.3) is 0 Å². The summed E-state index contributed by atoms with van der Waals surface area (Å²) in [5, 5.41) is 0. The smallest absolute Gasteiger partial charge is 0.123 e. The summed E-state index contributed by atoms with van der Waals surface area (Å²) in [5.74, 6) is 1.33. The maximum absolute atomic E-state index is 13.3. The summed E-state index contributed by atoms with van der Waals surface area (Å²) in [6, 6.07) is 6.79. The number of benzene rings is 1. The van der Waals surface area contributed by atoms with Crippen molar-refractivity contribution in [1.29, 1.82) is 0 Å². The fraction of sp³-hybridized carbons (Fsp3) is 0.625. The Morgan fingerprint density at radius 3 is 2.95 bits per heavy atom. The molecule has 0 saturated heterocycles. The Bertz CT molecular complexity index is 396. The lowest BCUT2D eigenvalue weighted by Gasteiger charge is -2.28. The second-order valence-electron chi connectivity index (χ2n) is 5.67. The van der Waals surface area contributed by atoms with Crippen molar-refractivity contribution in [2.24, 2.45) is 11.8 Å². The molecule has 0 aliphatic heterocycles. The highest BCUT2D eigenvalue weighted by molar-refractivity contribution is 14.1. The minimum atomic E-state index is -0.178. The van der Waals surface area contributed by atoms with Gasteiger partial charge in [-0.15, -0.1) is 0 Å². The third kappa shape index (κ3) is 4.71. The fourth-order valence-electron chi connectivity index (χ4n) is 2.90. The quantitative estimate of drug-likeness (QED) is 0.511. The van der Waals surface area contributed by atoms with Gasteiger partial charge in [0.2, 0.25) is 0 Å². The molecule has 0 bridgehead atoms. The van der Waals surface area contributed by atoms with Gasteiger partial charge in [0.25, 0.3) is 0 Å². The molecule has 2 rings (SSSR count). The van der Waals surface area contributed by atoms with Crippen molar-refractivity contribution in [3.05, 3.63) is 35.6 Å². The molecule has 0 radical (unpaired) electrons. The summed E-state index contributed by atoms with van der Waals surface area (Å²) in [5.41, 5.74) is 0.957. The molecular weight excluding hydrogens is 354 g/mol. The van der Waals surface area contributed by atoms with E-state index in [9.17, 15) is 4.39 Å². The van der Waals surface area contributed by atoms with Crippen LogP contribution in [0.2, 0.25) is 0 Å². The second-order valence-corrected chi connectivity index (χ2v) is 6.55. The van der Waals surface area contributed by atoms with Crippen molar-refractivity contribution >= 4 is 22.6 Å². The highest BCUT2D eigenvalue weighted by Gasteiger charge is 2.21. The van der Waals surface area contributed by atoms with Gasteiger partial charge in [-0.1, -0.05) is 54.5 Å².